The molecule has 38 heavy (non-hydrogen) atoms. The lowest BCUT2D eigenvalue weighted by atomic mass is 10.0. The molecule has 0 saturated heterocycles. The Morgan fingerprint density at radius 1 is 0.789 bits per heavy atom. The summed E-state index contributed by atoms with van der Waals surface area (Å²) in [6.07, 6.45) is 4.46. The number of aromatic amines is 2. The number of aliphatic carboxylic acids is 1. The third-order valence-electron chi connectivity index (χ3n) is 8.15. The van der Waals surface area contributed by atoms with Gasteiger partial charge in [-0.2, -0.15) is 0 Å². The third kappa shape index (κ3) is 4.28. The van der Waals surface area contributed by atoms with Gasteiger partial charge in [0, 0.05) is 28.5 Å². The number of nitrogens with zero attached hydrogens (tertiary/aromatic N) is 2. The van der Waals surface area contributed by atoms with Crippen LogP contribution in [0.2, 0.25) is 0 Å². The minimum absolute atomic E-state index is 0.0751. The number of aryl methyl sites for hydroxylation is 5. The fourth-order valence-electron chi connectivity index (χ4n) is 5.80. The summed E-state index contributed by atoms with van der Waals surface area (Å²) in [5.41, 5.74) is 17.0. The van der Waals surface area contributed by atoms with Gasteiger partial charge in [0.2, 0.25) is 0 Å². The Kier molecular flexibility index (Phi) is 6.59. The molecule has 5 heterocycles. The minimum Gasteiger partial charge on any atom is -0.481 e. The predicted octanol–water partition coefficient (Wildman–Crippen LogP) is 7.72. The summed E-state index contributed by atoms with van der Waals surface area (Å²) in [4.78, 5) is 28.9. The number of H-pyrrole nitrogens is 2. The van der Waals surface area contributed by atoms with Crippen LogP contribution < -0.4 is 0 Å². The van der Waals surface area contributed by atoms with Crippen LogP contribution in [0.25, 0.3) is 44.9 Å². The molecule has 196 valence electrons. The van der Waals surface area contributed by atoms with Gasteiger partial charge in [-0.1, -0.05) is 13.8 Å². The third-order valence-corrected chi connectivity index (χ3v) is 8.15. The summed E-state index contributed by atoms with van der Waals surface area (Å²) in [5, 5.41) is 9.43. The van der Waals surface area contributed by atoms with Crippen molar-refractivity contribution in [1.29, 1.82) is 0 Å². The number of carboxylic acids is 1. The van der Waals surface area contributed by atoms with Crippen molar-refractivity contribution in [3.05, 3.63) is 68.8 Å². The molecule has 5 rings (SSSR count). The van der Waals surface area contributed by atoms with Crippen molar-refractivity contribution in [2.75, 3.05) is 0 Å². The van der Waals surface area contributed by atoms with E-state index in [-0.39, 0.29) is 6.42 Å². The first-order valence-corrected chi connectivity index (χ1v) is 13.5. The maximum Gasteiger partial charge on any atom is 0.303 e. The van der Waals surface area contributed by atoms with Gasteiger partial charge in [0.15, 0.2) is 0 Å². The van der Waals surface area contributed by atoms with Gasteiger partial charge in [-0.3, -0.25) is 4.79 Å². The highest BCUT2D eigenvalue weighted by molar-refractivity contribution is 5.93. The summed E-state index contributed by atoms with van der Waals surface area (Å²) in [6.45, 7) is 14.9. The highest BCUT2D eigenvalue weighted by atomic mass is 16.4. The number of hydrogen-bond donors (Lipinski definition) is 3. The lowest BCUT2D eigenvalue weighted by Crippen LogP contribution is -1.98. The smallest absolute Gasteiger partial charge is 0.303 e. The topological polar surface area (TPSA) is 94.7 Å². The van der Waals surface area contributed by atoms with Gasteiger partial charge in [0.05, 0.1) is 22.8 Å². The van der Waals surface area contributed by atoms with Crippen LogP contribution in [0.1, 0.15) is 91.1 Å². The summed E-state index contributed by atoms with van der Waals surface area (Å²) < 4.78 is 0. The molecule has 3 N–H and O–H groups in total. The number of nitrogens with one attached hydrogen (secondary N) is 2. The number of carboxylic acid groups (broad SMARTS) is 1. The van der Waals surface area contributed by atoms with Crippen molar-refractivity contribution in [2.24, 2.45) is 0 Å². The van der Waals surface area contributed by atoms with Crippen molar-refractivity contribution in [1.82, 2.24) is 19.9 Å². The lowest BCUT2D eigenvalue weighted by molar-refractivity contribution is -0.136. The zero-order valence-corrected chi connectivity index (χ0v) is 23.4. The average molecular weight is 509 g/mol. The zero-order chi connectivity index (χ0) is 27.3. The maximum atomic E-state index is 11.5. The molecule has 6 heteroatoms. The largest absolute Gasteiger partial charge is 0.481 e. The van der Waals surface area contributed by atoms with Gasteiger partial charge in [-0.15, -0.1) is 0 Å². The van der Waals surface area contributed by atoms with E-state index in [1.54, 1.807) is 0 Å². The first kappa shape index (κ1) is 25.7. The number of carbonyl (C=O) groups is 1. The van der Waals surface area contributed by atoms with E-state index in [1.165, 1.54) is 22.3 Å². The molecule has 0 radical (unpaired) electrons. The van der Waals surface area contributed by atoms with Crippen molar-refractivity contribution in [3.8, 4) is 0 Å². The predicted molar refractivity (Wildman–Crippen MR) is 157 cm³/mol. The van der Waals surface area contributed by atoms with Crippen molar-refractivity contribution >= 4 is 50.8 Å². The first-order valence-electron chi connectivity index (χ1n) is 13.5. The Morgan fingerprint density at radius 3 is 2.13 bits per heavy atom. The number of allylic oxidation sites excluding steroid dienone is 3. The maximum absolute atomic E-state index is 11.5. The molecule has 2 aliphatic rings. The van der Waals surface area contributed by atoms with E-state index in [2.05, 4.69) is 82.7 Å². The molecule has 3 aromatic heterocycles. The molecule has 2 aliphatic heterocycles. The molecule has 0 aliphatic carbocycles. The van der Waals surface area contributed by atoms with Gasteiger partial charge in [0.25, 0.3) is 0 Å². The molecular weight excluding hydrogens is 472 g/mol. The molecule has 0 unspecified atom stereocenters. The summed E-state index contributed by atoms with van der Waals surface area (Å²) >= 11 is 0. The molecule has 0 saturated carbocycles. The molecule has 0 atom stereocenters. The Morgan fingerprint density at radius 2 is 1.45 bits per heavy atom. The number of hydrogen-bond acceptors (Lipinski definition) is 3. The van der Waals surface area contributed by atoms with Crippen LogP contribution >= 0.6 is 0 Å². The molecule has 3 aromatic rings. The number of fused-ring (bicyclic) bond motifs is 8. The van der Waals surface area contributed by atoms with Gasteiger partial charge in [-0.25, -0.2) is 9.97 Å². The van der Waals surface area contributed by atoms with Gasteiger partial charge >= 0.3 is 5.97 Å². The van der Waals surface area contributed by atoms with Crippen LogP contribution in [0.15, 0.2) is 18.2 Å². The van der Waals surface area contributed by atoms with Crippen LogP contribution in [-0.4, -0.2) is 31.0 Å². The minimum atomic E-state index is -0.800. The number of rotatable bonds is 5. The molecule has 0 amide bonds. The average Bonchev–Trinajstić information content (AvgIpc) is 3.57. The van der Waals surface area contributed by atoms with Gasteiger partial charge in [-0.05, 0) is 123 Å². The normalized spacial score (nSPS) is 13.3. The van der Waals surface area contributed by atoms with Gasteiger partial charge < -0.3 is 15.1 Å². The van der Waals surface area contributed by atoms with E-state index in [9.17, 15) is 9.90 Å². The Balaban J connectivity index is 1.96. The lowest BCUT2D eigenvalue weighted by Gasteiger charge is -2.01. The highest BCUT2D eigenvalue weighted by Gasteiger charge is 2.19. The van der Waals surface area contributed by atoms with Crippen LogP contribution in [0, 0.1) is 20.8 Å². The van der Waals surface area contributed by atoms with Gasteiger partial charge in [0.1, 0.15) is 0 Å². The van der Waals surface area contributed by atoms with E-state index in [0.29, 0.717) is 6.42 Å². The first-order chi connectivity index (χ1) is 18.1. The van der Waals surface area contributed by atoms with E-state index < -0.39 is 5.97 Å². The fourth-order valence-corrected chi connectivity index (χ4v) is 5.80. The quantitative estimate of drug-likeness (QED) is 0.329. The Labute approximate surface area is 223 Å². The highest BCUT2D eigenvalue weighted by Crippen LogP contribution is 2.35. The number of aromatic nitrogens is 4. The molecule has 0 fully saturated rings. The SMILES string of the molecule is CCC1=C(C)c2cc3[nH]c(c(C)c4nc(cc5[nH]c(cc1n2)c(C)c5CC)C(C)=C4)c(CCC(=O)O)c3C. The fraction of sp³-hybridized carbons (Fsp3) is 0.344. The molecular formula is C32H36N4O2. The summed E-state index contributed by atoms with van der Waals surface area (Å²) in [5.74, 6) is -0.800. The molecule has 0 spiro atoms. The van der Waals surface area contributed by atoms with Crippen LogP contribution in [0.4, 0.5) is 0 Å². The second-order valence-corrected chi connectivity index (χ2v) is 10.4. The van der Waals surface area contributed by atoms with E-state index in [0.717, 1.165) is 79.9 Å². The van der Waals surface area contributed by atoms with Crippen molar-refractivity contribution in [2.45, 2.75) is 74.1 Å². The van der Waals surface area contributed by atoms with Crippen molar-refractivity contribution < 1.29 is 9.90 Å². The molecule has 8 bridgehead atoms. The second kappa shape index (κ2) is 9.75. The standard InChI is InChI=1S/C32H36N4O2/c1-8-21-18(5)27-15-30-22(9-2)17(4)26(34-30)14-28-19(6)23(10-11-31(37)38)32(36-28)20(7)25-12-16(3)24(33-25)13-29(21)35-27/h12-15,35-36H,8-11H2,1-7H3,(H,37,38). The second-order valence-electron chi connectivity index (χ2n) is 10.4. The monoisotopic (exact) mass is 508 g/mol. The van der Waals surface area contributed by atoms with Crippen LogP contribution in [0.3, 0.4) is 0 Å². The molecule has 6 nitrogen and oxygen atoms in total. The summed E-state index contributed by atoms with van der Waals surface area (Å²) in [7, 11) is 0. The van der Waals surface area contributed by atoms with E-state index in [4.69, 9.17) is 9.97 Å². The van der Waals surface area contributed by atoms with Crippen LogP contribution in [0.5, 0.6) is 0 Å². The van der Waals surface area contributed by atoms with Crippen LogP contribution in [-0.2, 0) is 17.6 Å². The van der Waals surface area contributed by atoms with E-state index in [1.807, 2.05) is 0 Å². The molecule has 0 aromatic carbocycles. The Hall–Kier alpha value is -3.93. The zero-order valence-electron chi connectivity index (χ0n) is 23.4. The van der Waals surface area contributed by atoms with Crippen molar-refractivity contribution in [3.63, 3.8) is 0 Å². The van der Waals surface area contributed by atoms with E-state index >= 15 is 0 Å². The Bertz CT molecular complexity index is 1710. The summed E-state index contributed by atoms with van der Waals surface area (Å²) in [6, 6.07) is 6.45.